The van der Waals surface area contributed by atoms with Gasteiger partial charge in [-0.3, -0.25) is 0 Å². The molecule has 0 unspecified atom stereocenters. The highest BCUT2D eigenvalue weighted by Crippen LogP contribution is 2.33. The van der Waals surface area contributed by atoms with E-state index in [4.69, 9.17) is 23.2 Å². The standard InChI is InChI=1S/C10H5BrCl2N2O2S/c1-17-10(16)8-7(13)4(12)2-5(15-8)9-14-3-6(11)18-9/h2-3H,1H3. The molecule has 0 atom stereocenters. The molecule has 2 heterocycles. The molecule has 0 fully saturated rings. The Bertz CT molecular complexity index is 618. The summed E-state index contributed by atoms with van der Waals surface area (Å²) in [6.07, 6.45) is 1.64. The van der Waals surface area contributed by atoms with Gasteiger partial charge in [0.05, 0.1) is 27.1 Å². The monoisotopic (exact) mass is 366 g/mol. The van der Waals surface area contributed by atoms with Gasteiger partial charge >= 0.3 is 5.97 Å². The van der Waals surface area contributed by atoms with Crippen molar-refractivity contribution in [2.24, 2.45) is 0 Å². The highest BCUT2D eigenvalue weighted by Gasteiger charge is 2.19. The van der Waals surface area contributed by atoms with Crippen molar-refractivity contribution in [3.63, 3.8) is 0 Å². The highest BCUT2D eigenvalue weighted by molar-refractivity contribution is 9.11. The zero-order valence-corrected chi connectivity index (χ0v) is 12.8. The molecule has 18 heavy (non-hydrogen) atoms. The number of hydrogen-bond acceptors (Lipinski definition) is 5. The van der Waals surface area contributed by atoms with Crippen molar-refractivity contribution in [3.05, 3.63) is 31.8 Å². The Kier molecular flexibility index (Phi) is 4.21. The average Bonchev–Trinajstić information content (AvgIpc) is 2.78. The van der Waals surface area contributed by atoms with E-state index in [1.54, 1.807) is 12.3 Å². The molecule has 8 heteroatoms. The van der Waals surface area contributed by atoms with Crippen molar-refractivity contribution in [1.29, 1.82) is 0 Å². The van der Waals surface area contributed by atoms with Crippen LogP contribution in [0.25, 0.3) is 10.7 Å². The molecule has 0 aliphatic carbocycles. The Balaban J connectivity index is 2.57. The second kappa shape index (κ2) is 5.52. The Morgan fingerprint density at radius 2 is 2.22 bits per heavy atom. The summed E-state index contributed by atoms with van der Waals surface area (Å²) in [5, 5.41) is 0.932. The summed E-state index contributed by atoms with van der Waals surface area (Å²) in [5.74, 6) is -0.639. The third-order valence-electron chi connectivity index (χ3n) is 1.99. The Hall–Kier alpha value is -0.690. The first-order valence-electron chi connectivity index (χ1n) is 4.59. The number of thiazole rings is 1. The maximum absolute atomic E-state index is 11.5. The summed E-state index contributed by atoms with van der Waals surface area (Å²) < 4.78 is 5.45. The molecule has 0 aromatic carbocycles. The van der Waals surface area contributed by atoms with E-state index in [0.29, 0.717) is 10.7 Å². The number of nitrogens with zero attached hydrogens (tertiary/aromatic N) is 2. The fourth-order valence-corrected chi connectivity index (χ4v) is 2.75. The predicted octanol–water partition coefficient (Wildman–Crippen LogP) is 4.06. The number of ether oxygens (including phenoxy) is 1. The molecule has 0 N–H and O–H groups in total. The molecule has 94 valence electrons. The number of methoxy groups -OCH3 is 1. The van der Waals surface area contributed by atoms with Gasteiger partial charge in [-0.15, -0.1) is 11.3 Å². The molecule has 2 aromatic heterocycles. The number of halogens is 3. The summed E-state index contributed by atoms with van der Waals surface area (Å²) in [6.45, 7) is 0. The minimum Gasteiger partial charge on any atom is -0.464 e. The van der Waals surface area contributed by atoms with E-state index in [9.17, 15) is 4.79 Å². The summed E-state index contributed by atoms with van der Waals surface area (Å²) in [7, 11) is 1.25. The van der Waals surface area contributed by atoms with Crippen LogP contribution in [0.3, 0.4) is 0 Å². The van der Waals surface area contributed by atoms with Crippen molar-refractivity contribution in [3.8, 4) is 10.7 Å². The molecule has 0 bridgehead atoms. The van der Waals surface area contributed by atoms with Gasteiger partial charge in [-0.25, -0.2) is 14.8 Å². The van der Waals surface area contributed by atoms with Gasteiger partial charge in [0.1, 0.15) is 10.7 Å². The molecule has 0 radical (unpaired) electrons. The Morgan fingerprint density at radius 3 is 2.78 bits per heavy atom. The number of carbonyl (C=O) groups is 1. The van der Waals surface area contributed by atoms with Crippen LogP contribution in [0.5, 0.6) is 0 Å². The van der Waals surface area contributed by atoms with Crippen LogP contribution in [0.4, 0.5) is 0 Å². The normalized spacial score (nSPS) is 10.4. The molecule has 0 spiro atoms. The van der Waals surface area contributed by atoms with Crippen LogP contribution in [0.1, 0.15) is 10.5 Å². The summed E-state index contributed by atoms with van der Waals surface area (Å²) in [4.78, 5) is 19.8. The topological polar surface area (TPSA) is 52.1 Å². The zero-order valence-electron chi connectivity index (χ0n) is 8.91. The highest BCUT2D eigenvalue weighted by atomic mass is 79.9. The fraction of sp³-hybridized carbons (Fsp3) is 0.100. The number of carbonyl (C=O) groups excluding carboxylic acids is 1. The van der Waals surface area contributed by atoms with Gasteiger partial charge in [0.25, 0.3) is 0 Å². The fourth-order valence-electron chi connectivity index (χ4n) is 1.21. The van der Waals surface area contributed by atoms with Crippen LogP contribution in [0.15, 0.2) is 16.0 Å². The number of rotatable bonds is 2. The number of aromatic nitrogens is 2. The Morgan fingerprint density at radius 1 is 1.50 bits per heavy atom. The quantitative estimate of drug-likeness (QED) is 0.751. The summed E-state index contributed by atoms with van der Waals surface area (Å²) >= 11 is 16.5. The SMILES string of the molecule is COC(=O)c1nc(-c2ncc(Br)s2)cc(Cl)c1Cl. The van der Waals surface area contributed by atoms with Crippen molar-refractivity contribution in [1.82, 2.24) is 9.97 Å². The molecule has 2 aromatic rings. The van der Waals surface area contributed by atoms with E-state index < -0.39 is 5.97 Å². The van der Waals surface area contributed by atoms with Crippen LogP contribution in [-0.4, -0.2) is 23.0 Å². The molecule has 0 saturated carbocycles. The smallest absolute Gasteiger partial charge is 0.358 e. The maximum atomic E-state index is 11.5. The Labute approximate surface area is 125 Å². The molecule has 0 amide bonds. The van der Waals surface area contributed by atoms with E-state index in [1.807, 2.05) is 0 Å². The van der Waals surface area contributed by atoms with Gasteiger partial charge < -0.3 is 4.74 Å². The van der Waals surface area contributed by atoms with E-state index in [-0.39, 0.29) is 15.7 Å². The van der Waals surface area contributed by atoms with E-state index in [0.717, 1.165) is 3.79 Å². The minimum atomic E-state index is -0.639. The first-order chi connectivity index (χ1) is 8.52. The number of esters is 1. The number of pyridine rings is 1. The van der Waals surface area contributed by atoms with Gasteiger partial charge in [-0.1, -0.05) is 23.2 Å². The van der Waals surface area contributed by atoms with E-state index in [1.165, 1.54) is 18.4 Å². The van der Waals surface area contributed by atoms with Gasteiger partial charge in [0, 0.05) is 0 Å². The molecular formula is C10H5BrCl2N2O2S. The van der Waals surface area contributed by atoms with Crippen LogP contribution >= 0.6 is 50.5 Å². The van der Waals surface area contributed by atoms with Crippen LogP contribution in [0.2, 0.25) is 10.0 Å². The first kappa shape index (κ1) is 13.7. The van der Waals surface area contributed by atoms with Crippen LogP contribution < -0.4 is 0 Å². The molecule has 0 aliphatic heterocycles. The van der Waals surface area contributed by atoms with Crippen molar-refractivity contribution >= 4 is 56.4 Å². The first-order valence-corrected chi connectivity index (χ1v) is 6.95. The number of hydrogen-bond donors (Lipinski definition) is 0. The van der Waals surface area contributed by atoms with E-state index >= 15 is 0 Å². The minimum absolute atomic E-state index is 0.0204. The lowest BCUT2D eigenvalue weighted by Crippen LogP contribution is -2.06. The molecule has 4 nitrogen and oxygen atoms in total. The molecule has 2 rings (SSSR count). The molecule has 0 saturated heterocycles. The second-order valence-corrected chi connectivity index (χ2v) is 6.31. The average molecular weight is 368 g/mol. The predicted molar refractivity (Wildman–Crippen MR) is 74.4 cm³/mol. The third-order valence-corrected chi connectivity index (χ3v) is 4.26. The van der Waals surface area contributed by atoms with Crippen LogP contribution in [0, 0.1) is 0 Å². The summed E-state index contributed by atoms with van der Waals surface area (Å²) in [5.41, 5.74) is 0.452. The molecule has 0 aliphatic rings. The van der Waals surface area contributed by atoms with Gasteiger partial charge in [0.2, 0.25) is 0 Å². The lowest BCUT2D eigenvalue weighted by atomic mass is 10.3. The second-order valence-electron chi connectivity index (χ2n) is 3.11. The molecular weight excluding hydrogens is 363 g/mol. The van der Waals surface area contributed by atoms with Gasteiger partial charge in [0.15, 0.2) is 5.69 Å². The van der Waals surface area contributed by atoms with Crippen molar-refractivity contribution in [2.45, 2.75) is 0 Å². The largest absolute Gasteiger partial charge is 0.464 e. The van der Waals surface area contributed by atoms with E-state index in [2.05, 4.69) is 30.6 Å². The van der Waals surface area contributed by atoms with Crippen molar-refractivity contribution in [2.75, 3.05) is 7.11 Å². The lowest BCUT2D eigenvalue weighted by Gasteiger charge is -2.05. The van der Waals surface area contributed by atoms with Gasteiger partial charge in [-0.05, 0) is 22.0 Å². The lowest BCUT2D eigenvalue weighted by molar-refractivity contribution is 0.0594. The third kappa shape index (κ3) is 2.66. The van der Waals surface area contributed by atoms with Crippen LogP contribution in [-0.2, 0) is 4.74 Å². The van der Waals surface area contributed by atoms with Gasteiger partial charge in [-0.2, -0.15) is 0 Å². The maximum Gasteiger partial charge on any atom is 0.358 e. The van der Waals surface area contributed by atoms with Crippen molar-refractivity contribution < 1.29 is 9.53 Å². The summed E-state index contributed by atoms with van der Waals surface area (Å²) in [6, 6.07) is 1.56. The zero-order chi connectivity index (χ0) is 13.3.